The van der Waals surface area contributed by atoms with Crippen LogP contribution in [-0.4, -0.2) is 12.1 Å². The van der Waals surface area contributed by atoms with Crippen molar-refractivity contribution < 1.29 is 18.4 Å². The Morgan fingerprint density at radius 3 is 2.47 bits per heavy atom. The van der Waals surface area contributed by atoms with Crippen LogP contribution in [0.1, 0.15) is 45.8 Å². The third kappa shape index (κ3) is 5.25. The van der Waals surface area contributed by atoms with Crippen molar-refractivity contribution in [3.63, 3.8) is 0 Å². The summed E-state index contributed by atoms with van der Waals surface area (Å²) in [5, 5.41) is 1.82. The first-order chi connectivity index (χ1) is 14.5. The summed E-state index contributed by atoms with van der Waals surface area (Å²) in [5.41, 5.74) is 8.25. The second kappa shape index (κ2) is 10.0. The average Bonchev–Trinajstić information content (AvgIpc) is 3.37. The van der Waals surface area contributed by atoms with Gasteiger partial charge in [0.1, 0.15) is 11.3 Å². The molecule has 5 nitrogen and oxygen atoms in total. The Kier molecular flexibility index (Phi) is 7.21. The van der Waals surface area contributed by atoms with E-state index in [4.69, 9.17) is 14.6 Å². The molecule has 0 spiro atoms. The lowest BCUT2D eigenvalue weighted by Gasteiger charge is -1.97. The number of benzene rings is 2. The molecule has 0 radical (unpaired) electrons. The highest BCUT2D eigenvalue weighted by Gasteiger charge is 2.16. The maximum atomic E-state index is 11.5. The van der Waals surface area contributed by atoms with Crippen LogP contribution >= 0.6 is 9.24 Å². The summed E-state index contributed by atoms with van der Waals surface area (Å²) < 4.78 is 10.7. The number of aldehydes is 1. The molecule has 2 aromatic heterocycles. The van der Waals surface area contributed by atoms with Crippen LogP contribution in [0.2, 0.25) is 0 Å². The standard InChI is InChI=1S/C13H12O2.C11H12NO2P/c14-10-13-9-8-12(15-13)7-6-11-4-2-1-3-5-11;1-2-8(13)11-10(12)7-5-6(15)3-4-9(7)14-11/h1-5,8-10H,6-7H2;3-5H,2,12,15H2,1H3. The lowest BCUT2D eigenvalue weighted by molar-refractivity contribution is 0.0964. The minimum atomic E-state index is -0.0611. The molecule has 4 aromatic rings. The number of fused-ring (bicyclic) bond motifs is 1. The van der Waals surface area contributed by atoms with Crippen molar-refractivity contribution in [2.75, 3.05) is 5.73 Å². The predicted molar refractivity (Wildman–Crippen MR) is 123 cm³/mol. The molecule has 30 heavy (non-hydrogen) atoms. The molecule has 0 aliphatic heterocycles. The van der Waals surface area contributed by atoms with Crippen LogP contribution in [0.4, 0.5) is 5.69 Å². The summed E-state index contributed by atoms with van der Waals surface area (Å²) in [6.45, 7) is 1.79. The number of hydrogen-bond acceptors (Lipinski definition) is 5. The molecule has 1 atom stereocenters. The number of carbonyl (C=O) groups is 2. The fourth-order valence-corrected chi connectivity index (χ4v) is 3.27. The summed E-state index contributed by atoms with van der Waals surface area (Å²) in [6, 6.07) is 19.4. The summed E-state index contributed by atoms with van der Waals surface area (Å²) >= 11 is 0. The third-order valence-electron chi connectivity index (χ3n) is 4.63. The van der Waals surface area contributed by atoms with Crippen molar-refractivity contribution in [1.29, 1.82) is 0 Å². The van der Waals surface area contributed by atoms with Gasteiger partial charge in [-0.05, 0) is 41.6 Å². The van der Waals surface area contributed by atoms with E-state index in [0.717, 1.165) is 35.6 Å². The number of hydrogen-bond donors (Lipinski definition) is 1. The molecule has 4 rings (SSSR count). The average molecular weight is 421 g/mol. The quantitative estimate of drug-likeness (QED) is 0.269. The van der Waals surface area contributed by atoms with Crippen molar-refractivity contribution >= 4 is 43.3 Å². The van der Waals surface area contributed by atoms with E-state index >= 15 is 0 Å². The van der Waals surface area contributed by atoms with Gasteiger partial charge in [0.15, 0.2) is 23.6 Å². The maximum absolute atomic E-state index is 11.5. The molecule has 0 bridgehead atoms. The number of rotatable bonds is 6. The van der Waals surface area contributed by atoms with Crippen LogP contribution in [0.25, 0.3) is 11.0 Å². The van der Waals surface area contributed by atoms with Gasteiger partial charge in [-0.25, -0.2) is 0 Å². The molecular formula is C24H24NO4P. The molecule has 154 valence electrons. The van der Waals surface area contributed by atoms with Gasteiger partial charge in [-0.2, -0.15) is 0 Å². The molecule has 0 saturated carbocycles. The molecule has 0 aliphatic rings. The van der Waals surface area contributed by atoms with Crippen LogP contribution in [0.5, 0.6) is 0 Å². The van der Waals surface area contributed by atoms with Gasteiger partial charge in [-0.3, -0.25) is 9.59 Å². The summed E-state index contributed by atoms with van der Waals surface area (Å²) in [6.07, 6.45) is 2.90. The maximum Gasteiger partial charge on any atom is 0.199 e. The Bertz CT molecular complexity index is 1140. The Hall–Kier alpha value is -3.17. The van der Waals surface area contributed by atoms with Crippen molar-refractivity contribution in [3.05, 3.63) is 83.5 Å². The molecule has 0 aliphatic carbocycles. The van der Waals surface area contributed by atoms with Crippen molar-refractivity contribution in [3.8, 4) is 0 Å². The second-order valence-corrected chi connectivity index (χ2v) is 7.45. The first-order valence-corrected chi connectivity index (χ1v) is 10.3. The largest absolute Gasteiger partial charge is 0.458 e. The number of Topliss-reactive ketones (excluding diaryl/α,β-unsaturated/α-hetero) is 1. The summed E-state index contributed by atoms with van der Waals surface area (Å²) in [4.78, 5) is 21.9. The van der Waals surface area contributed by atoms with Crippen LogP contribution in [0, 0.1) is 0 Å². The molecule has 2 N–H and O–H groups in total. The molecule has 0 fully saturated rings. The highest BCUT2D eigenvalue weighted by atomic mass is 31.0. The van der Waals surface area contributed by atoms with Gasteiger partial charge in [0.05, 0.1) is 5.69 Å². The number of aryl methyl sites for hydroxylation is 2. The van der Waals surface area contributed by atoms with E-state index in [1.807, 2.05) is 42.5 Å². The van der Waals surface area contributed by atoms with E-state index in [2.05, 4.69) is 21.4 Å². The van der Waals surface area contributed by atoms with E-state index in [0.29, 0.717) is 23.5 Å². The molecule has 2 heterocycles. The normalized spacial score (nSPS) is 10.5. The van der Waals surface area contributed by atoms with Crippen LogP contribution in [-0.2, 0) is 12.8 Å². The van der Waals surface area contributed by atoms with E-state index in [1.165, 1.54) is 5.56 Å². The highest BCUT2D eigenvalue weighted by Crippen LogP contribution is 2.28. The zero-order chi connectivity index (χ0) is 21.5. The Morgan fingerprint density at radius 1 is 1.03 bits per heavy atom. The van der Waals surface area contributed by atoms with Gasteiger partial charge in [-0.15, -0.1) is 9.24 Å². The minimum Gasteiger partial charge on any atom is -0.458 e. The molecule has 1 unspecified atom stereocenters. The van der Waals surface area contributed by atoms with Crippen LogP contribution in [0.15, 0.2) is 69.5 Å². The summed E-state index contributed by atoms with van der Waals surface area (Å²) in [5.74, 6) is 1.48. The van der Waals surface area contributed by atoms with Crippen molar-refractivity contribution in [1.82, 2.24) is 0 Å². The summed E-state index contributed by atoms with van der Waals surface area (Å²) in [7, 11) is 2.59. The van der Waals surface area contributed by atoms with E-state index in [1.54, 1.807) is 13.0 Å². The first-order valence-electron chi connectivity index (χ1n) is 9.70. The number of nitrogen functional groups attached to an aromatic ring is 1. The third-order valence-corrected chi connectivity index (χ3v) is 4.99. The van der Waals surface area contributed by atoms with E-state index in [9.17, 15) is 9.59 Å². The monoisotopic (exact) mass is 421 g/mol. The second-order valence-electron chi connectivity index (χ2n) is 6.78. The number of carbonyl (C=O) groups excluding carboxylic acids is 2. The van der Waals surface area contributed by atoms with E-state index in [-0.39, 0.29) is 11.5 Å². The fourth-order valence-electron chi connectivity index (χ4n) is 3.01. The van der Waals surface area contributed by atoms with Crippen LogP contribution in [0.3, 0.4) is 0 Å². The van der Waals surface area contributed by atoms with Gasteiger partial charge in [0, 0.05) is 18.2 Å². The Balaban J connectivity index is 0.000000171. The number of furan rings is 2. The molecule has 0 saturated heterocycles. The molecular weight excluding hydrogens is 397 g/mol. The van der Waals surface area contributed by atoms with Crippen LogP contribution < -0.4 is 11.0 Å². The van der Waals surface area contributed by atoms with Gasteiger partial charge in [0.2, 0.25) is 0 Å². The van der Waals surface area contributed by atoms with Gasteiger partial charge in [0.25, 0.3) is 0 Å². The van der Waals surface area contributed by atoms with Gasteiger partial charge < -0.3 is 14.6 Å². The molecule has 0 amide bonds. The molecule has 2 aromatic carbocycles. The number of nitrogens with two attached hydrogens (primary N) is 1. The predicted octanol–water partition coefficient (Wildman–Crippen LogP) is 4.99. The van der Waals surface area contributed by atoms with Gasteiger partial charge in [-0.1, -0.05) is 43.3 Å². The lowest BCUT2D eigenvalue weighted by Crippen LogP contribution is -1.98. The zero-order valence-corrected chi connectivity index (χ0v) is 17.9. The minimum absolute atomic E-state index is 0.0611. The zero-order valence-electron chi connectivity index (χ0n) is 16.8. The van der Waals surface area contributed by atoms with Crippen molar-refractivity contribution in [2.24, 2.45) is 0 Å². The smallest absolute Gasteiger partial charge is 0.199 e. The first kappa shape index (κ1) is 21.5. The SMILES string of the molecule is CCC(=O)c1oc2ccc(P)cc2c1N.O=Cc1ccc(CCc2ccccc2)o1. The fraction of sp³-hybridized carbons (Fsp3) is 0.167. The van der Waals surface area contributed by atoms with Crippen molar-refractivity contribution in [2.45, 2.75) is 26.2 Å². The molecule has 6 heteroatoms. The number of ketones is 1. The topological polar surface area (TPSA) is 86.4 Å². The Morgan fingerprint density at radius 2 is 1.80 bits per heavy atom. The van der Waals surface area contributed by atoms with E-state index < -0.39 is 0 Å². The highest BCUT2D eigenvalue weighted by molar-refractivity contribution is 7.27. The Labute approximate surface area is 177 Å². The number of anilines is 1. The lowest BCUT2D eigenvalue weighted by atomic mass is 10.1. The van der Waals surface area contributed by atoms with Gasteiger partial charge >= 0.3 is 0 Å².